The maximum Gasteiger partial charge on any atom is 0.298 e. The molecule has 19 heavy (non-hydrogen) atoms. The minimum atomic E-state index is -2.92. The number of rotatable bonds is 2. The molecule has 0 aliphatic carbocycles. The molecule has 1 aromatic carbocycles. The Bertz CT molecular complexity index is 723. The number of hydrogen-bond donors (Lipinski definition) is 1. The van der Waals surface area contributed by atoms with Crippen LogP contribution >= 0.6 is 0 Å². The summed E-state index contributed by atoms with van der Waals surface area (Å²) in [6.07, 6.45) is 0.604. The number of para-hydroxylation sites is 1. The van der Waals surface area contributed by atoms with Crippen molar-refractivity contribution in [2.75, 3.05) is 29.2 Å². The number of nitrogens with zero attached hydrogens (tertiary/aromatic N) is 2. The molecule has 1 saturated heterocycles. The van der Waals surface area contributed by atoms with Gasteiger partial charge in [-0.15, -0.1) is 0 Å². The number of sulfone groups is 1. The first kappa shape index (κ1) is 12.3. The summed E-state index contributed by atoms with van der Waals surface area (Å²) < 4.78 is 28.6. The number of benzene rings is 1. The van der Waals surface area contributed by atoms with Gasteiger partial charge in [0.05, 0.1) is 17.2 Å². The Morgan fingerprint density at radius 2 is 2.26 bits per heavy atom. The molecule has 0 radical (unpaired) electrons. The summed E-state index contributed by atoms with van der Waals surface area (Å²) in [5.41, 5.74) is 7.61. The quantitative estimate of drug-likeness (QED) is 0.827. The van der Waals surface area contributed by atoms with Crippen LogP contribution in [0.2, 0.25) is 0 Å². The van der Waals surface area contributed by atoms with Crippen LogP contribution in [0.4, 0.5) is 11.7 Å². The maximum absolute atomic E-state index is 11.5. The molecule has 6 nitrogen and oxygen atoms in total. The largest absolute Gasteiger partial charge is 0.423 e. The van der Waals surface area contributed by atoms with E-state index < -0.39 is 9.84 Å². The fourth-order valence-corrected chi connectivity index (χ4v) is 4.12. The Kier molecular flexibility index (Phi) is 2.67. The number of hydrogen-bond acceptors (Lipinski definition) is 6. The van der Waals surface area contributed by atoms with E-state index in [0.29, 0.717) is 29.2 Å². The molecule has 0 bridgehead atoms. The van der Waals surface area contributed by atoms with E-state index in [1.807, 2.05) is 0 Å². The van der Waals surface area contributed by atoms with E-state index in [0.717, 1.165) is 0 Å². The summed E-state index contributed by atoms with van der Waals surface area (Å²) in [5.74, 6) is 0.377. The summed E-state index contributed by atoms with van der Waals surface area (Å²) in [7, 11) is -1.12. The molecule has 1 aliphatic rings. The van der Waals surface area contributed by atoms with Crippen LogP contribution in [0.25, 0.3) is 11.1 Å². The van der Waals surface area contributed by atoms with Gasteiger partial charge < -0.3 is 15.1 Å². The summed E-state index contributed by atoms with van der Waals surface area (Å²) in [6, 6.07) is 5.68. The second kappa shape index (κ2) is 4.12. The van der Waals surface area contributed by atoms with Gasteiger partial charge in [0.2, 0.25) is 0 Å². The van der Waals surface area contributed by atoms with E-state index in [1.54, 1.807) is 30.1 Å². The van der Waals surface area contributed by atoms with Gasteiger partial charge in [0.1, 0.15) is 5.52 Å². The van der Waals surface area contributed by atoms with E-state index in [2.05, 4.69) is 4.98 Å². The van der Waals surface area contributed by atoms with Gasteiger partial charge in [-0.05, 0) is 18.6 Å². The third-order valence-corrected chi connectivity index (χ3v) is 5.25. The maximum atomic E-state index is 11.5. The molecule has 7 heteroatoms. The first-order valence-corrected chi connectivity index (χ1v) is 7.87. The lowest BCUT2D eigenvalue weighted by Gasteiger charge is -2.20. The molecule has 1 aromatic heterocycles. The zero-order valence-electron chi connectivity index (χ0n) is 10.5. The van der Waals surface area contributed by atoms with E-state index in [9.17, 15) is 8.42 Å². The molecule has 3 rings (SSSR count). The van der Waals surface area contributed by atoms with Crippen LogP contribution in [-0.4, -0.2) is 38.0 Å². The number of fused-ring (bicyclic) bond motifs is 1. The van der Waals surface area contributed by atoms with Crippen molar-refractivity contribution in [1.82, 2.24) is 4.98 Å². The monoisotopic (exact) mass is 281 g/mol. The van der Waals surface area contributed by atoms with Crippen molar-refractivity contribution in [3.8, 4) is 0 Å². The fraction of sp³-hybridized carbons (Fsp3) is 0.417. The van der Waals surface area contributed by atoms with Crippen LogP contribution in [0.5, 0.6) is 0 Å². The lowest BCUT2D eigenvalue weighted by Crippen LogP contribution is -2.32. The van der Waals surface area contributed by atoms with Crippen molar-refractivity contribution >= 4 is 32.6 Å². The molecular weight excluding hydrogens is 266 g/mol. The highest BCUT2D eigenvalue weighted by atomic mass is 32.2. The number of oxazole rings is 1. The van der Waals surface area contributed by atoms with Crippen molar-refractivity contribution in [3.63, 3.8) is 0 Å². The van der Waals surface area contributed by atoms with Crippen LogP contribution < -0.4 is 10.6 Å². The van der Waals surface area contributed by atoms with Gasteiger partial charge in [-0.25, -0.2) is 8.42 Å². The van der Waals surface area contributed by atoms with Gasteiger partial charge in [-0.3, -0.25) is 0 Å². The second-order valence-corrected chi connectivity index (χ2v) is 7.09. The third-order valence-electron chi connectivity index (χ3n) is 3.50. The molecule has 0 amide bonds. The van der Waals surface area contributed by atoms with Crippen molar-refractivity contribution in [2.45, 2.75) is 12.5 Å². The average Bonchev–Trinajstić information content (AvgIpc) is 2.92. The first-order valence-electron chi connectivity index (χ1n) is 6.04. The van der Waals surface area contributed by atoms with Gasteiger partial charge in [0.25, 0.3) is 6.01 Å². The Morgan fingerprint density at radius 1 is 1.47 bits per heavy atom. The number of anilines is 2. The van der Waals surface area contributed by atoms with E-state index in [4.69, 9.17) is 10.2 Å². The van der Waals surface area contributed by atoms with Gasteiger partial charge in [0, 0.05) is 13.1 Å². The van der Waals surface area contributed by atoms with Crippen molar-refractivity contribution in [1.29, 1.82) is 0 Å². The van der Waals surface area contributed by atoms with Crippen molar-refractivity contribution in [3.05, 3.63) is 18.2 Å². The molecule has 1 atom stereocenters. The van der Waals surface area contributed by atoms with Crippen molar-refractivity contribution in [2.24, 2.45) is 0 Å². The van der Waals surface area contributed by atoms with E-state index >= 15 is 0 Å². The highest BCUT2D eigenvalue weighted by Gasteiger charge is 2.32. The molecule has 0 spiro atoms. The topological polar surface area (TPSA) is 89.4 Å². The number of aromatic nitrogens is 1. The molecular formula is C12H15N3O3S. The summed E-state index contributed by atoms with van der Waals surface area (Å²) in [6.45, 7) is 0. The molecule has 2 aromatic rings. The molecule has 2 heterocycles. The van der Waals surface area contributed by atoms with Crippen LogP contribution in [0, 0.1) is 0 Å². The second-order valence-electron chi connectivity index (χ2n) is 4.86. The first-order chi connectivity index (χ1) is 8.96. The van der Waals surface area contributed by atoms with Crippen LogP contribution in [-0.2, 0) is 9.84 Å². The summed E-state index contributed by atoms with van der Waals surface area (Å²) in [5, 5.41) is 0. The van der Waals surface area contributed by atoms with Gasteiger partial charge in [0.15, 0.2) is 15.4 Å². The highest BCUT2D eigenvalue weighted by molar-refractivity contribution is 7.91. The highest BCUT2D eigenvalue weighted by Crippen LogP contribution is 2.28. The zero-order chi connectivity index (χ0) is 13.6. The lowest BCUT2D eigenvalue weighted by atomic mass is 10.2. The predicted octanol–water partition coefficient (Wildman–Crippen LogP) is 1.03. The Hall–Kier alpha value is -1.76. The minimum absolute atomic E-state index is 0.0840. The smallest absolute Gasteiger partial charge is 0.298 e. The molecule has 0 saturated carbocycles. The van der Waals surface area contributed by atoms with E-state index in [-0.39, 0.29) is 17.5 Å². The minimum Gasteiger partial charge on any atom is -0.423 e. The predicted molar refractivity (Wildman–Crippen MR) is 73.9 cm³/mol. The molecule has 1 unspecified atom stereocenters. The molecule has 102 valence electrons. The summed E-state index contributed by atoms with van der Waals surface area (Å²) in [4.78, 5) is 6.13. The zero-order valence-corrected chi connectivity index (χ0v) is 11.4. The Balaban J connectivity index is 1.94. The van der Waals surface area contributed by atoms with Gasteiger partial charge in [-0.2, -0.15) is 4.98 Å². The summed E-state index contributed by atoms with van der Waals surface area (Å²) >= 11 is 0. The van der Waals surface area contributed by atoms with Gasteiger partial charge in [-0.1, -0.05) is 6.07 Å². The standard InChI is InChI=1S/C12H15N3O3S/c1-15(8-5-6-19(16,17)7-8)12-14-11-9(13)3-2-4-10(11)18-12/h2-4,8H,5-7,13H2,1H3. The molecule has 1 fully saturated rings. The number of nitrogens with two attached hydrogens (primary N) is 1. The van der Waals surface area contributed by atoms with Gasteiger partial charge >= 0.3 is 0 Å². The third kappa shape index (κ3) is 2.14. The van der Waals surface area contributed by atoms with Crippen molar-refractivity contribution < 1.29 is 12.8 Å². The van der Waals surface area contributed by atoms with Crippen LogP contribution in [0.3, 0.4) is 0 Å². The normalized spacial score (nSPS) is 21.8. The Labute approximate surface area is 111 Å². The number of nitrogen functional groups attached to an aromatic ring is 1. The molecule has 1 aliphatic heterocycles. The van der Waals surface area contributed by atoms with Crippen LogP contribution in [0.15, 0.2) is 22.6 Å². The van der Waals surface area contributed by atoms with E-state index in [1.165, 1.54) is 0 Å². The average molecular weight is 281 g/mol. The van der Waals surface area contributed by atoms with Crippen LogP contribution in [0.1, 0.15) is 6.42 Å². The Morgan fingerprint density at radius 3 is 2.89 bits per heavy atom. The molecule has 2 N–H and O–H groups in total. The fourth-order valence-electron chi connectivity index (χ4n) is 2.35. The SMILES string of the molecule is CN(c1nc2c(N)cccc2o1)C1CCS(=O)(=O)C1. The lowest BCUT2D eigenvalue weighted by molar-refractivity contribution is 0.550.